The van der Waals surface area contributed by atoms with Crippen LogP contribution >= 0.6 is 0 Å². The number of furan rings is 1. The third kappa shape index (κ3) is 4.47. The molecule has 11 aromatic rings. The first-order chi connectivity index (χ1) is 26.2. The molecule has 250 valence electrons. The van der Waals surface area contributed by atoms with Gasteiger partial charge in [0.05, 0.1) is 27.8 Å². The zero-order valence-electron chi connectivity index (χ0n) is 28.4. The molecule has 0 aliphatic rings. The van der Waals surface area contributed by atoms with Crippen LogP contribution in [-0.4, -0.2) is 9.13 Å². The Morgan fingerprint density at radius 3 is 1.79 bits per heavy atom. The number of nitrogens with zero attached hydrogens (tertiary/aromatic N) is 3. The molecule has 4 nitrogen and oxygen atoms in total. The standard InChI is InChI=1S/C48H30FN3O/c49-31-12-10-15-33(28-31)51-42-20-7-5-17-37(42)40-29-34(24-26-44(40)51)50(35-25-27-47-41(30-35)38-18-6-9-23-46(38)53-47)45-22-11-19-39-36-16-4-8-21-43(36)52(48(39)45)32-13-2-1-3-14-32/h1-30H. The summed E-state index contributed by atoms with van der Waals surface area (Å²) < 4.78 is 25.4. The molecule has 53 heavy (non-hydrogen) atoms. The Hall–Kier alpha value is -7.11. The van der Waals surface area contributed by atoms with Crippen molar-refractivity contribution in [1.29, 1.82) is 0 Å². The molecular formula is C48H30FN3O. The zero-order valence-corrected chi connectivity index (χ0v) is 28.4. The van der Waals surface area contributed by atoms with Crippen LogP contribution in [0.2, 0.25) is 0 Å². The summed E-state index contributed by atoms with van der Waals surface area (Å²) in [4.78, 5) is 2.37. The number of anilines is 3. The van der Waals surface area contributed by atoms with E-state index in [1.54, 1.807) is 12.1 Å². The largest absolute Gasteiger partial charge is 0.456 e. The molecule has 3 aromatic heterocycles. The Morgan fingerprint density at radius 2 is 0.981 bits per heavy atom. The van der Waals surface area contributed by atoms with Crippen LogP contribution in [0.25, 0.3) is 76.9 Å². The van der Waals surface area contributed by atoms with Gasteiger partial charge >= 0.3 is 0 Å². The predicted octanol–water partition coefficient (Wildman–Crippen LogP) is 13.4. The van der Waals surface area contributed by atoms with E-state index in [2.05, 4.69) is 154 Å². The minimum Gasteiger partial charge on any atom is -0.456 e. The van der Waals surface area contributed by atoms with Crippen LogP contribution in [-0.2, 0) is 0 Å². The topological polar surface area (TPSA) is 26.2 Å². The van der Waals surface area contributed by atoms with E-state index < -0.39 is 0 Å². The van der Waals surface area contributed by atoms with Gasteiger partial charge in [-0.1, -0.05) is 91.0 Å². The number of rotatable bonds is 5. The maximum absolute atomic E-state index is 14.6. The second-order valence-corrected chi connectivity index (χ2v) is 13.5. The molecule has 0 radical (unpaired) electrons. The van der Waals surface area contributed by atoms with Crippen LogP contribution in [0.3, 0.4) is 0 Å². The summed E-state index contributed by atoms with van der Waals surface area (Å²) in [6.07, 6.45) is 0. The van der Waals surface area contributed by atoms with E-state index in [0.717, 1.165) is 83.2 Å². The third-order valence-corrected chi connectivity index (χ3v) is 10.5. The number of fused-ring (bicyclic) bond motifs is 9. The molecule has 0 unspecified atom stereocenters. The van der Waals surface area contributed by atoms with Gasteiger partial charge in [0.2, 0.25) is 0 Å². The number of hydrogen-bond donors (Lipinski definition) is 0. The molecule has 0 atom stereocenters. The summed E-state index contributed by atoms with van der Waals surface area (Å²) >= 11 is 0. The Balaban J connectivity index is 1.24. The second-order valence-electron chi connectivity index (χ2n) is 13.5. The van der Waals surface area contributed by atoms with E-state index >= 15 is 0 Å². The highest BCUT2D eigenvalue weighted by atomic mass is 19.1. The Labute approximate surface area is 303 Å². The van der Waals surface area contributed by atoms with Crippen molar-refractivity contribution in [1.82, 2.24) is 9.13 Å². The fraction of sp³-hybridized carbons (Fsp3) is 0. The van der Waals surface area contributed by atoms with Gasteiger partial charge < -0.3 is 18.5 Å². The van der Waals surface area contributed by atoms with Crippen LogP contribution in [0, 0.1) is 5.82 Å². The van der Waals surface area contributed by atoms with Crippen molar-refractivity contribution < 1.29 is 8.81 Å². The summed E-state index contributed by atoms with van der Waals surface area (Å²) in [5.41, 5.74) is 10.9. The van der Waals surface area contributed by atoms with Gasteiger partial charge in [-0.05, 0) is 91.0 Å². The van der Waals surface area contributed by atoms with Gasteiger partial charge in [0, 0.05) is 55.1 Å². The highest BCUT2D eigenvalue weighted by Gasteiger charge is 2.23. The highest BCUT2D eigenvalue weighted by molar-refractivity contribution is 6.16. The normalized spacial score (nSPS) is 11.9. The third-order valence-electron chi connectivity index (χ3n) is 10.5. The van der Waals surface area contributed by atoms with Gasteiger partial charge in [0.15, 0.2) is 0 Å². The first-order valence-corrected chi connectivity index (χ1v) is 17.8. The van der Waals surface area contributed by atoms with Crippen LogP contribution in [0.1, 0.15) is 0 Å². The Kier molecular flexibility index (Phi) is 6.40. The Morgan fingerprint density at radius 1 is 0.396 bits per heavy atom. The molecule has 3 heterocycles. The van der Waals surface area contributed by atoms with Crippen LogP contribution in [0.4, 0.5) is 21.5 Å². The molecule has 8 aromatic carbocycles. The molecule has 0 amide bonds. The quantitative estimate of drug-likeness (QED) is 0.180. The number of para-hydroxylation sites is 5. The van der Waals surface area contributed by atoms with E-state index in [-0.39, 0.29) is 5.82 Å². The van der Waals surface area contributed by atoms with E-state index in [1.165, 1.54) is 16.8 Å². The van der Waals surface area contributed by atoms with Crippen molar-refractivity contribution in [2.24, 2.45) is 0 Å². The summed E-state index contributed by atoms with van der Waals surface area (Å²) in [6, 6.07) is 62.3. The molecule has 0 spiro atoms. The lowest BCUT2D eigenvalue weighted by atomic mass is 10.1. The van der Waals surface area contributed by atoms with Gasteiger partial charge in [-0.15, -0.1) is 0 Å². The van der Waals surface area contributed by atoms with Crippen molar-refractivity contribution in [3.05, 3.63) is 188 Å². The second kappa shape index (κ2) is 11.5. The SMILES string of the molecule is Fc1cccc(-n2c3ccccc3c3cc(N(c4ccc5oc6ccccc6c5c4)c4cccc5c6ccccc6n(-c6ccccc6)c45)ccc32)c1. The summed E-state index contributed by atoms with van der Waals surface area (Å²) in [5, 5.41) is 6.68. The maximum atomic E-state index is 14.6. The molecule has 0 fully saturated rings. The molecule has 0 bridgehead atoms. The average Bonchev–Trinajstić information content (AvgIpc) is 3.86. The molecular weight excluding hydrogens is 654 g/mol. The number of halogens is 1. The summed E-state index contributed by atoms with van der Waals surface area (Å²) in [5.74, 6) is -0.264. The van der Waals surface area contributed by atoms with Crippen LogP contribution < -0.4 is 4.90 Å². The van der Waals surface area contributed by atoms with E-state index in [4.69, 9.17) is 4.42 Å². The lowest BCUT2D eigenvalue weighted by Crippen LogP contribution is -2.11. The monoisotopic (exact) mass is 683 g/mol. The lowest BCUT2D eigenvalue weighted by molar-refractivity contribution is 0.627. The van der Waals surface area contributed by atoms with Crippen molar-refractivity contribution in [2.75, 3.05) is 4.90 Å². The van der Waals surface area contributed by atoms with E-state index in [0.29, 0.717) is 0 Å². The van der Waals surface area contributed by atoms with Crippen molar-refractivity contribution >= 4 is 82.6 Å². The lowest BCUT2D eigenvalue weighted by Gasteiger charge is -2.27. The molecule has 0 saturated carbocycles. The van der Waals surface area contributed by atoms with Crippen molar-refractivity contribution in [3.63, 3.8) is 0 Å². The first-order valence-electron chi connectivity index (χ1n) is 17.8. The van der Waals surface area contributed by atoms with Gasteiger partial charge in [0.1, 0.15) is 17.0 Å². The maximum Gasteiger partial charge on any atom is 0.135 e. The van der Waals surface area contributed by atoms with Gasteiger partial charge in [-0.2, -0.15) is 0 Å². The van der Waals surface area contributed by atoms with E-state index in [1.807, 2.05) is 24.3 Å². The molecule has 0 aliphatic carbocycles. The minimum absolute atomic E-state index is 0.264. The van der Waals surface area contributed by atoms with Gasteiger partial charge in [-0.3, -0.25) is 0 Å². The van der Waals surface area contributed by atoms with Gasteiger partial charge in [0.25, 0.3) is 0 Å². The highest BCUT2D eigenvalue weighted by Crippen LogP contribution is 2.46. The predicted molar refractivity (Wildman–Crippen MR) is 217 cm³/mol. The number of benzene rings is 8. The fourth-order valence-electron chi connectivity index (χ4n) is 8.30. The van der Waals surface area contributed by atoms with Gasteiger partial charge in [-0.25, -0.2) is 4.39 Å². The molecule has 0 saturated heterocycles. The average molecular weight is 684 g/mol. The van der Waals surface area contributed by atoms with Crippen LogP contribution in [0.5, 0.6) is 0 Å². The Bertz CT molecular complexity index is 3210. The van der Waals surface area contributed by atoms with Crippen molar-refractivity contribution in [2.45, 2.75) is 0 Å². The minimum atomic E-state index is -0.264. The smallest absolute Gasteiger partial charge is 0.135 e. The number of aromatic nitrogens is 2. The molecule has 11 rings (SSSR count). The van der Waals surface area contributed by atoms with E-state index in [9.17, 15) is 4.39 Å². The number of hydrogen-bond acceptors (Lipinski definition) is 2. The fourth-order valence-corrected chi connectivity index (χ4v) is 8.30. The summed E-state index contributed by atoms with van der Waals surface area (Å²) in [6.45, 7) is 0. The molecule has 5 heteroatoms. The van der Waals surface area contributed by atoms with Crippen LogP contribution in [0.15, 0.2) is 186 Å². The zero-order chi connectivity index (χ0) is 35.0. The van der Waals surface area contributed by atoms with Crippen molar-refractivity contribution in [3.8, 4) is 11.4 Å². The molecule has 0 aliphatic heterocycles. The molecule has 0 N–H and O–H groups in total. The first kappa shape index (κ1) is 29.6. The summed E-state index contributed by atoms with van der Waals surface area (Å²) in [7, 11) is 0.